The number of rotatable bonds is 5. The van der Waals surface area contributed by atoms with E-state index < -0.39 is 0 Å². The van der Waals surface area contributed by atoms with Gasteiger partial charge in [0.15, 0.2) is 16.8 Å². The Hall–Kier alpha value is -2.93. The number of hydrogen-bond donors (Lipinski definition) is 0. The number of aryl methyl sites for hydroxylation is 3. The highest BCUT2D eigenvalue weighted by molar-refractivity contribution is 7.99. The van der Waals surface area contributed by atoms with Gasteiger partial charge in [-0.1, -0.05) is 53.3 Å². The van der Waals surface area contributed by atoms with Gasteiger partial charge in [0.2, 0.25) is 5.89 Å². The van der Waals surface area contributed by atoms with Crippen LogP contribution < -0.4 is 0 Å². The van der Waals surface area contributed by atoms with Gasteiger partial charge in [-0.05, 0) is 51.0 Å². The molecule has 0 radical (unpaired) electrons. The fourth-order valence-electron chi connectivity index (χ4n) is 2.90. The summed E-state index contributed by atoms with van der Waals surface area (Å²) in [6.07, 6.45) is 0. The maximum Gasteiger partial charge on any atom is 0.239 e. The fraction of sp³-hybridized carbons (Fsp3) is 0.238. The molecule has 0 fully saturated rings. The van der Waals surface area contributed by atoms with Crippen molar-refractivity contribution in [1.82, 2.24) is 24.9 Å². The molecule has 0 N–H and O–H groups in total. The van der Waals surface area contributed by atoms with E-state index in [4.69, 9.17) is 4.52 Å². The van der Waals surface area contributed by atoms with Crippen LogP contribution >= 0.6 is 11.8 Å². The molecule has 4 rings (SSSR count). The summed E-state index contributed by atoms with van der Waals surface area (Å²) in [7, 11) is 0. The first kappa shape index (κ1) is 18.4. The predicted molar refractivity (Wildman–Crippen MR) is 110 cm³/mol. The van der Waals surface area contributed by atoms with Crippen molar-refractivity contribution in [2.24, 2.45) is 0 Å². The van der Waals surface area contributed by atoms with Crippen LogP contribution in [0.25, 0.3) is 17.1 Å². The number of hydrogen-bond acceptors (Lipinski definition) is 6. The molecule has 2 aromatic heterocycles. The maximum atomic E-state index is 5.33. The van der Waals surface area contributed by atoms with Crippen molar-refractivity contribution in [3.8, 4) is 17.1 Å². The van der Waals surface area contributed by atoms with Crippen LogP contribution in [-0.4, -0.2) is 24.9 Å². The van der Waals surface area contributed by atoms with Gasteiger partial charge in [-0.2, -0.15) is 4.98 Å². The van der Waals surface area contributed by atoms with Crippen molar-refractivity contribution in [2.45, 2.75) is 38.1 Å². The molecule has 142 valence electrons. The Balaban J connectivity index is 1.80. The third-order valence-electron chi connectivity index (χ3n) is 4.59. The Bertz CT molecular complexity index is 1100. The molecule has 1 unspecified atom stereocenters. The van der Waals surface area contributed by atoms with Crippen LogP contribution in [0.5, 0.6) is 0 Å². The molecule has 0 aliphatic rings. The zero-order chi connectivity index (χ0) is 19.7. The number of nitrogens with zero attached hydrogens (tertiary/aromatic N) is 5. The molecule has 0 amide bonds. The summed E-state index contributed by atoms with van der Waals surface area (Å²) in [4.78, 5) is 4.34. The van der Waals surface area contributed by atoms with Crippen LogP contribution in [0.4, 0.5) is 0 Å². The van der Waals surface area contributed by atoms with Crippen molar-refractivity contribution in [1.29, 1.82) is 0 Å². The second kappa shape index (κ2) is 7.59. The lowest BCUT2D eigenvalue weighted by atomic mass is 10.1. The quantitative estimate of drug-likeness (QED) is 0.441. The number of benzene rings is 2. The van der Waals surface area contributed by atoms with Crippen LogP contribution in [0.1, 0.15) is 35.0 Å². The molecule has 0 spiro atoms. The Kier molecular flexibility index (Phi) is 5.00. The van der Waals surface area contributed by atoms with E-state index in [0.29, 0.717) is 11.7 Å². The minimum atomic E-state index is -0.0423. The summed E-state index contributed by atoms with van der Waals surface area (Å²) in [5.41, 5.74) is 4.52. The summed E-state index contributed by atoms with van der Waals surface area (Å²) in [6, 6.07) is 16.5. The van der Waals surface area contributed by atoms with Crippen molar-refractivity contribution < 1.29 is 4.52 Å². The van der Waals surface area contributed by atoms with Crippen LogP contribution in [-0.2, 0) is 0 Å². The monoisotopic (exact) mass is 391 g/mol. The third-order valence-corrected chi connectivity index (χ3v) is 5.62. The number of thioether (sulfide) groups is 1. The van der Waals surface area contributed by atoms with Gasteiger partial charge >= 0.3 is 0 Å². The first-order chi connectivity index (χ1) is 13.5. The highest BCUT2D eigenvalue weighted by Crippen LogP contribution is 2.36. The van der Waals surface area contributed by atoms with Gasteiger partial charge in [0, 0.05) is 5.56 Å². The van der Waals surface area contributed by atoms with E-state index in [9.17, 15) is 0 Å². The molecule has 4 aromatic rings. The van der Waals surface area contributed by atoms with Gasteiger partial charge in [0.1, 0.15) is 0 Å². The third kappa shape index (κ3) is 3.57. The lowest BCUT2D eigenvalue weighted by Crippen LogP contribution is -2.02. The predicted octanol–water partition coefficient (Wildman–Crippen LogP) is 5.10. The molecule has 0 saturated heterocycles. The molecule has 2 heterocycles. The van der Waals surface area contributed by atoms with Crippen molar-refractivity contribution >= 4 is 11.8 Å². The average molecular weight is 392 g/mol. The van der Waals surface area contributed by atoms with Gasteiger partial charge in [0.25, 0.3) is 0 Å². The van der Waals surface area contributed by atoms with Crippen molar-refractivity contribution in [2.75, 3.05) is 0 Å². The summed E-state index contributed by atoms with van der Waals surface area (Å²) < 4.78 is 7.42. The Morgan fingerprint density at radius 1 is 0.964 bits per heavy atom. The van der Waals surface area contributed by atoms with Gasteiger partial charge < -0.3 is 4.52 Å². The van der Waals surface area contributed by atoms with E-state index in [1.54, 1.807) is 11.8 Å². The zero-order valence-corrected chi connectivity index (χ0v) is 17.1. The summed E-state index contributed by atoms with van der Waals surface area (Å²) in [5.74, 6) is 2.02. The molecular formula is C21H21N5OS. The molecule has 0 aliphatic carbocycles. The van der Waals surface area contributed by atoms with Crippen LogP contribution in [0, 0.1) is 20.8 Å². The van der Waals surface area contributed by atoms with E-state index >= 15 is 0 Å². The first-order valence-electron chi connectivity index (χ1n) is 9.08. The summed E-state index contributed by atoms with van der Waals surface area (Å²) in [6.45, 7) is 8.07. The molecule has 6 nitrogen and oxygen atoms in total. The van der Waals surface area contributed by atoms with E-state index in [1.807, 2.05) is 44.2 Å². The summed E-state index contributed by atoms with van der Waals surface area (Å²) in [5, 5.41) is 13.6. The SMILES string of the molecule is Cc1noc(C(C)Sc2nnc(-c3ccccc3)n2-c2ccc(C)c(C)c2)n1. The fourth-order valence-corrected chi connectivity index (χ4v) is 3.80. The molecular weight excluding hydrogens is 370 g/mol. The molecule has 28 heavy (non-hydrogen) atoms. The topological polar surface area (TPSA) is 69.6 Å². The average Bonchev–Trinajstić information content (AvgIpc) is 3.31. The summed E-state index contributed by atoms with van der Waals surface area (Å²) >= 11 is 1.55. The normalized spacial score (nSPS) is 12.3. The van der Waals surface area contributed by atoms with E-state index in [0.717, 1.165) is 22.2 Å². The Morgan fingerprint density at radius 2 is 1.75 bits per heavy atom. The van der Waals surface area contributed by atoms with Gasteiger partial charge in [0.05, 0.1) is 10.9 Å². The lowest BCUT2D eigenvalue weighted by Gasteiger charge is -2.13. The van der Waals surface area contributed by atoms with Gasteiger partial charge in [-0.15, -0.1) is 10.2 Å². The largest absolute Gasteiger partial charge is 0.338 e. The van der Waals surface area contributed by atoms with Crippen LogP contribution in [0.3, 0.4) is 0 Å². The lowest BCUT2D eigenvalue weighted by molar-refractivity contribution is 0.376. The number of aromatic nitrogens is 5. The molecule has 0 aliphatic heterocycles. The van der Waals surface area contributed by atoms with Crippen molar-refractivity contribution in [3.05, 3.63) is 71.4 Å². The minimum absolute atomic E-state index is 0.0423. The second-order valence-corrected chi connectivity index (χ2v) is 8.02. The molecule has 0 bridgehead atoms. The van der Waals surface area contributed by atoms with Gasteiger partial charge in [-0.3, -0.25) is 4.57 Å². The highest BCUT2D eigenvalue weighted by atomic mass is 32.2. The smallest absolute Gasteiger partial charge is 0.239 e. The highest BCUT2D eigenvalue weighted by Gasteiger charge is 2.22. The van der Waals surface area contributed by atoms with Crippen LogP contribution in [0.2, 0.25) is 0 Å². The molecule has 7 heteroatoms. The van der Waals surface area contributed by atoms with E-state index in [-0.39, 0.29) is 5.25 Å². The standard InChI is InChI=1S/C21H21N5OS/c1-13-10-11-18(12-14(13)2)26-19(17-8-6-5-7-9-17)23-24-21(26)28-15(3)20-22-16(4)25-27-20/h5-12,15H,1-4H3. The molecule has 0 saturated carbocycles. The van der Waals surface area contributed by atoms with E-state index in [1.165, 1.54) is 11.1 Å². The van der Waals surface area contributed by atoms with Crippen LogP contribution in [0.15, 0.2) is 58.2 Å². The maximum absolute atomic E-state index is 5.33. The van der Waals surface area contributed by atoms with Crippen molar-refractivity contribution in [3.63, 3.8) is 0 Å². The molecule has 2 aromatic carbocycles. The van der Waals surface area contributed by atoms with E-state index in [2.05, 4.69) is 57.0 Å². The van der Waals surface area contributed by atoms with Gasteiger partial charge in [-0.25, -0.2) is 0 Å². The Labute approximate surface area is 168 Å². The zero-order valence-electron chi connectivity index (χ0n) is 16.2. The minimum Gasteiger partial charge on any atom is -0.338 e. The second-order valence-electron chi connectivity index (χ2n) is 6.72. The molecule has 1 atom stereocenters. The first-order valence-corrected chi connectivity index (χ1v) is 9.96. The Morgan fingerprint density at radius 3 is 2.43 bits per heavy atom.